The van der Waals surface area contributed by atoms with Gasteiger partial charge in [0.05, 0.1) is 15.7 Å². The quantitative estimate of drug-likeness (QED) is 0.450. The van der Waals surface area contributed by atoms with Crippen molar-refractivity contribution in [3.05, 3.63) is 68.7 Å². The Balaban J connectivity index is 2.07. The third kappa shape index (κ3) is 3.55. The van der Waals surface area contributed by atoms with Gasteiger partial charge in [-0.15, -0.1) is 0 Å². The number of nitrogens with one attached hydrogen (secondary N) is 1. The number of carbonyl (C=O) groups is 2. The van der Waals surface area contributed by atoms with Gasteiger partial charge in [-0.1, -0.05) is 53.0 Å². The molecule has 2 amide bonds. The smallest absolute Gasteiger partial charge is 0.270 e. The fourth-order valence-corrected chi connectivity index (χ4v) is 3.16. The predicted molar refractivity (Wildman–Crippen MR) is 104 cm³/mol. The number of halogens is 3. The van der Waals surface area contributed by atoms with Crippen molar-refractivity contribution in [1.82, 2.24) is 5.32 Å². The van der Waals surface area contributed by atoms with E-state index in [1.165, 1.54) is 6.08 Å². The van der Waals surface area contributed by atoms with Crippen LogP contribution in [-0.2, 0) is 9.59 Å². The van der Waals surface area contributed by atoms with Crippen LogP contribution >= 0.6 is 47.0 Å². The van der Waals surface area contributed by atoms with E-state index in [0.717, 1.165) is 4.90 Å². The summed E-state index contributed by atoms with van der Waals surface area (Å²) in [5.41, 5.74) is 0.809. The Kier molecular flexibility index (Phi) is 5.11. The Bertz CT molecular complexity index is 943. The molecule has 3 rings (SSSR count). The first-order valence-electron chi connectivity index (χ1n) is 6.99. The summed E-state index contributed by atoms with van der Waals surface area (Å²) in [6, 6.07) is 11.6. The summed E-state index contributed by atoms with van der Waals surface area (Å²) in [6.07, 6.45) is 1.44. The maximum absolute atomic E-state index is 12.9. The third-order valence-electron chi connectivity index (χ3n) is 3.43. The molecule has 0 unspecified atom stereocenters. The van der Waals surface area contributed by atoms with E-state index in [1.807, 2.05) is 0 Å². The number of thiocarbonyl (C=S) groups is 1. The van der Waals surface area contributed by atoms with Gasteiger partial charge in [-0.25, -0.2) is 0 Å². The minimum atomic E-state index is -0.599. The molecule has 0 bridgehead atoms. The highest BCUT2D eigenvalue weighted by atomic mass is 35.5. The highest BCUT2D eigenvalue weighted by Gasteiger charge is 2.35. The summed E-state index contributed by atoms with van der Waals surface area (Å²) in [6.45, 7) is 0. The lowest BCUT2D eigenvalue weighted by atomic mass is 10.1. The number of rotatable bonds is 2. The van der Waals surface area contributed by atoms with Crippen LogP contribution in [0.15, 0.2) is 48.0 Å². The molecule has 1 aliphatic heterocycles. The number of hydrogen-bond acceptors (Lipinski definition) is 3. The lowest BCUT2D eigenvalue weighted by Crippen LogP contribution is -2.54. The van der Waals surface area contributed by atoms with Crippen LogP contribution in [0.5, 0.6) is 0 Å². The normalized spacial score (nSPS) is 16.4. The molecule has 1 fully saturated rings. The van der Waals surface area contributed by atoms with E-state index in [-0.39, 0.29) is 20.7 Å². The van der Waals surface area contributed by atoms with Crippen LogP contribution in [0.4, 0.5) is 5.69 Å². The molecular formula is C17H9Cl3N2O2S. The van der Waals surface area contributed by atoms with Crippen LogP contribution in [0.2, 0.25) is 15.1 Å². The summed E-state index contributed by atoms with van der Waals surface area (Å²) >= 11 is 23.3. The van der Waals surface area contributed by atoms with E-state index < -0.39 is 11.8 Å². The van der Waals surface area contributed by atoms with Crippen molar-refractivity contribution < 1.29 is 9.59 Å². The van der Waals surface area contributed by atoms with Crippen molar-refractivity contribution in [1.29, 1.82) is 0 Å². The molecule has 1 aliphatic rings. The van der Waals surface area contributed by atoms with Crippen molar-refractivity contribution in [2.75, 3.05) is 4.90 Å². The molecule has 4 nitrogen and oxygen atoms in total. The first-order valence-corrected chi connectivity index (χ1v) is 8.54. The molecule has 8 heteroatoms. The Morgan fingerprint density at radius 1 is 1.04 bits per heavy atom. The van der Waals surface area contributed by atoms with Crippen LogP contribution in [0.25, 0.3) is 6.08 Å². The minimum absolute atomic E-state index is 0.0672. The van der Waals surface area contributed by atoms with Gasteiger partial charge < -0.3 is 0 Å². The number of nitrogens with zero attached hydrogens (tertiary/aromatic N) is 1. The van der Waals surface area contributed by atoms with Crippen LogP contribution < -0.4 is 10.2 Å². The molecule has 2 aromatic carbocycles. The zero-order chi connectivity index (χ0) is 18.1. The molecule has 0 atom stereocenters. The molecule has 0 radical (unpaired) electrons. The Morgan fingerprint density at radius 3 is 2.48 bits per heavy atom. The first-order chi connectivity index (χ1) is 11.9. The average molecular weight is 412 g/mol. The van der Waals surface area contributed by atoms with Crippen LogP contribution in [0.3, 0.4) is 0 Å². The Morgan fingerprint density at radius 2 is 1.76 bits per heavy atom. The average Bonchev–Trinajstić information content (AvgIpc) is 2.55. The molecule has 2 aromatic rings. The number of benzene rings is 2. The summed E-state index contributed by atoms with van der Waals surface area (Å²) < 4.78 is 0. The van der Waals surface area contributed by atoms with Crippen LogP contribution in [0.1, 0.15) is 5.56 Å². The van der Waals surface area contributed by atoms with Gasteiger partial charge >= 0.3 is 0 Å². The summed E-state index contributed by atoms with van der Waals surface area (Å²) in [5, 5.41) is 3.34. The second-order valence-electron chi connectivity index (χ2n) is 5.09. The van der Waals surface area contributed by atoms with E-state index in [9.17, 15) is 9.59 Å². The molecule has 0 aliphatic carbocycles. The topological polar surface area (TPSA) is 49.4 Å². The van der Waals surface area contributed by atoms with Gasteiger partial charge in [0.2, 0.25) is 0 Å². The van der Waals surface area contributed by atoms with Gasteiger partial charge in [0.15, 0.2) is 5.11 Å². The Hall–Kier alpha value is -1.92. The molecule has 1 N–H and O–H groups in total. The van der Waals surface area contributed by atoms with Crippen LogP contribution in [-0.4, -0.2) is 16.9 Å². The van der Waals surface area contributed by atoms with Crippen LogP contribution in [0, 0.1) is 0 Å². The van der Waals surface area contributed by atoms with E-state index in [1.54, 1.807) is 42.5 Å². The lowest BCUT2D eigenvalue weighted by Gasteiger charge is -2.29. The van der Waals surface area contributed by atoms with E-state index in [2.05, 4.69) is 5.32 Å². The molecule has 25 heavy (non-hydrogen) atoms. The van der Waals surface area contributed by atoms with Crippen molar-refractivity contribution in [3.63, 3.8) is 0 Å². The lowest BCUT2D eigenvalue weighted by molar-refractivity contribution is -0.122. The maximum atomic E-state index is 12.9. The molecule has 0 aromatic heterocycles. The fourth-order valence-electron chi connectivity index (χ4n) is 2.30. The zero-order valence-electron chi connectivity index (χ0n) is 12.4. The summed E-state index contributed by atoms with van der Waals surface area (Å²) in [4.78, 5) is 26.2. The van der Waals surface area contributed by atoms with Gasteiger partial charge in [0.25, 0.3) is 11.8 Å². The molecule has 1 saturated heterocycles. The largest absolute Gasteiger partial charge is 0.298 e. The summed E-state index contributed by atoms with van der Waals surface area (Å²) in [7, 11) is 0. The van der Waals surface area contributed by atoms with Gasteiger partial charge in [-0.05, 0) is 48.1 Å². The molecule has 0 saturated carbocycles. The predicted octanol–water partition coefficient (Wildman–Crippen LogP) is 4.48. The highest BCUT2D eigenvalue weighted by Crippen LogP contribution is 2.34. The van der Waals surface area contributed by atoms with Gasteiger partial charge in [0, 0.05) is 5.02 Å². The Labute approximate surface area is 164 Å². The van der Waals surface area contributed by atoms with Gasteiger partial charge in [-0.2, -0.15) is 0 Å². The number of carbonyl (C=O) groups excluding carboxylic acids is 2. The molecule has 0 spiro atoms. The van der Waals surface area contributed by atoms with E-state index in [0.29, 0.717) is 16.3 Å². The first kappa shape index (κ1) is 17.9. The second kappa shape index (κ2) is 7.14. The van der Waals surface area contributed by atoms with Gasteiger partial charge in [0.1, 0.15) is 5.57 Å². The highest BCUT2D eigenvalue weighted by molar-refractivity contribution is 7.80. The SMILES string of the molecule is O=C1NC(=S)N(c2cccc(Cl)c2Cl)C(=O)/C1=C/c1cccc(Cl)c1. The summed E-state index contributed by atoms with van der Waals surface area (Å²) in [5.74, 6) is -1.19. The van der Waals surface area contributed by atoms with Crippen molar-refractivity contribution in [3.8, 4) is 0 Å². The second-order valence-corrected chi connectivity index (χ2v) is 6.69. The third-order valence-corrected chi connectivity index (χ3v) is 4.76. The van der Waals surface area contributed by atoms with Crippen molar-refractivity contribution in [2.24, 2.45) is 0 Å². The van der Waals surface area contributed by atoms with E-state index in [4.69, 9.17) is 47.0 Å². The van der Waals surface area contributed by atoms with Gasteiger partial charge in [-0.3, -0.25) is 19.8 Å². The zero-order valence-corrected chi connectivity index (χ0v) is 15.5. The monoisotopic (exact) mass is 410 g/mol. The van der Waals surface area contributed by atoms with E-state index >= 15 is 0 Å². The standard InChI is InChI=1S/C17H9Cl3N2O2S/c18-10-4-1-3-9(7-10)8-11-15(23)21-17(25)22(16(11)24)13-6-2-5-12(19)14(13)20/h1-8H,(H,21,23,25)/b11-8+. The number of amides is 2. The molecular weight excluding hydrogens is 403 g/mol. The molecule has 126 valence electrons. The fraction of sp³-hybridized carbons (Fsp3) is 0. The minimum Gasteiger partial charge on any atom is -0.298 e. The number of anilines is 1. The number of hydrogen-bond donors (Lipinski definition) is 1. The van der Waals surface area contributed by atoms with Crippen molar-refractivity contribution >= 4 is 75.7 Å². The van der Waals surface area contributed by atoms with Crippen molar-refractivity contribution in [2.45, 2.75) is 0 Å². The maximum Gasteiger partial charge on any atom is 0.270 e. The molecule has 1 heterocycles.